The predicted molar refractivity (Wildman–Crippen MR) is 132 cm³/mol. The fourth-order valence-electron chi connectivity index (χ4n) is 4.39. The van der Waals surface area contributed by atoms with E-state index in [2.05, 4.69) is 5.32 Å². The van der Waals surface area contributed by atoms with Gasteiger partial charge in [-0.2, -0.15) is 0 Å². The second-order valence-corrected chi connectivity index (χ2v) is 10.9. The Morgan fingerprint density at radius 2 is 1.88 bits per heavy atom. The number of hydrogen-bond acceptors (Lipinski definition) is 5. The van der Waals surface area contributed by atoms with Gasteiger partial charge in [0.1, 0.15) is 6.54 Å². The van der Waals surface area contributed by atoms with Crippen LogP contribution in [0.2, 0.25) is 0 Å². The van der Waals surface area contributed by atoms with E-state index in [1.165, 1.54) is 9.21 Å². The molecule has 34 heavy (non-hydrogen) atoms. The van der Waals surface area contributed by atoms with Crippen LogP contribution in [-0.2, 0) is 19.6 Å². The lowest BCUT2D eigenvalue weighted by Gasteiger charge is -2.25. The third-order valence-corrected chi connectivity index (χ3v) is 8.32. The molecule has 2 aromatic rings. The minimum atomic E-state index is -3.29. The highest BCUT2D eigenvalue weighted by Gasteiger charge is 2.29. The van der Waals surface area contributed by atoms with Gasteiger partial charge in [-0.1, -0.05) is 12.1 Å². The summed E-state index contributed by atoms with van der Waals surface area (Å²) in [5.74, 6) is -0.430. The van der Waals surface area contributed by atoms with Crippen LogP contribution in [0.1, 0.15) is 40.7 Å². The van der Waals surface area contributed by atoms with Crippen molar-refractivity contribution in [2.45, 2.75) is 39.2 Å². The minimum absolute atomic E-state index is 0.103. The van der Waals surface area contributed by atoms with Crippen LogP contribution in [0, 0.1) is 13.8 Å². The summed E-state index contributed by atoms with van der Waals surface area (Å²) in [5, 5.41) is 2.92. The van der Waals surface area contributed by atoms with Crippen molar-refractivity contribution in [3.05, 3.63) is 59.2 Å². The van der Waals surface area contributed by atoms with Crippen LogP contribution in [0.25, 0.3) is 0 Å². The summed E-state index contributed by atoms with van der Waals surface area (Å²) >= 11 is 0. The SMILES string of the molecule is Cc1cccc(NC(=O)CN(CC2CCCO2)C(=O)c2ccc(N3CCCS3(=O)=O)cc2)c1C. The zero-order valence-corrected chi connectivity index (χ0v) is 20.4. The Balaban J connectivity index is 1.50. The first-order chi connectivity index (χ1) is 16.2. The van der Waals surface area contributed by atoms with Gasteiger partial charge in [-0.3, -0.25) is 13.9 Å². The van der Waals surface area contributed by atoms with Gasteiger partial charge in [-0.15, -0.1) is 0 Å². The number of carbonyl (C=O) groups is 2. The van der Waals surface area contributed by atoms with Gasteiger partial charge >= 0.3 is 0 Å². The van der Waals surface area contributed by atoms with Crippen molar-refractivity contribution in [1.82, 2.24) is 4.90 Å². The van der Waals surface area contributed by atoms with E-state index in [0.29, 0.717) is 37.4 Å². The van der Waals surface area contributed by atoms with Gasteiger partial charge in [0.25, 0.3) is 5.91 Å². The molecule has 9 heteroatoms. The maximum absolute atomic E-state index is 13.4. The number of hydrogen-bond donors (Lipinski definition) is 1. The highest BCUT2D eigenvalue weighted by molar-refractivity contribution is 7.93. The Labute approximate surface area is 200 Å². The highest BCUT2D eigenvalue weighted by Crippen LogP contribution is 2.25. The molecule has 0 aromatic heterocycles. The lowest BCUT2D eigenvalue weighted by Crippen LogP contribution is -2.42. The summed E-state index contributed by atoms with van der Waals surface area (Å²) in [6.45, 7) is 5.24. The topological polar surface area (TPSA) is 96.0 Å². The maximum Gasteiger partial charge on any atom is 0.254 e. The van der Waals surface area contributed by atoms with Crippen molar-refractivity contribution >= 4 is 33.2 Å². The molecule has 2 saturated heterocycles. The molecule has 2 heterocycles. The molecule has 2 aromatic carbocycles. The molecule has 0 saturated carbocycles. The average Bonchev–Trinajstić information content (AvgIpc) is 3.45. The zero-order valence-electron chi connectivity index (χ0n) is 19.6. The lowest BCUT2D eigenvalue weighted by atomic mass is 10.1. The molecule has 1 N–H and O–H groups in total. The molecular formula is C25H31N3O5S. The molecule has 1 unspecified atom stereocenters. The number of nitrogens with zero attached hydrogens (tertiary/aromatic N) is 2. The van der Waals surface area contributed by atoms with Gasteiger partial charge in [0, 0.05) is 30.9 Å². The molecule has 1 atom stereocenters. The smallest absolute Gasteiger partial charge is 0.254 e. The number of rotatable bonds is 7. The summed E-state index contributed by atoms with van der Waals surface area (Å²) in [7, 11) is -3.29. The van der Waals surface area contributed by atoms with Crippen LogP contribution in [-0.4, -0.2) is 63.2 Å². The summed E-state index contributed by atoms with van der Waals surface area (Å²) in [6, 6.07) is 12.3. The van der Waals surface area contributed by atoms with Crippen LogP contribution >= 0.6 is 0 Å². The Kier molecular flexibility index (Phi) is 7.23. The Morgan fingerprint density at radius 3 is 2.53 bits per heavy atom. The second-order valence-electron chi connectivity index (χ2n) is 8.90. The van der Waals surface area contributed by atoms with Gasteiger partial charge in [-0.25, -0.2) is 8.42 Å². The third kappa shape index (κ3) is 5.42. The zero-order chi connectivity index (χ0) is 24.3. The molecule has 2 fully saturated rings. The van der Waals surface area contributed by atoms with Crippen molar-refractivity contribution in [3.63, 3.8) is 0 Å². The molecule has 4 rings (SSSR count). The van der Waals surface area contributed by atoms with Gasteiger partial charge in [-0.05, 0) is 74.6 Å². The van der Waals surface area contributed by atoms with E-state index in [-0.39, 0.29) is 30.2 Å². The Morgan fingerprint density at radius 1 is 1.12 bits per heavy atom. The van der Waals surface area contributed by atoms with Crippen molar-refractivity contribution < 1.29 is 22.7 Å². The van der Waals surface area contributed by atoms with Crippen molar-refractivity contribution in [1.29, 1.82) is 0 Å². The molecule has 0 spiro atoms. The van der Waals surface area contributed by atoms with E-state index in [1.807, 2.05) is 32.0 Å². The van der Waals surface area contributed by atoms with Crippen LogP contribution in [0.15, 0.2) is 42.5 Å². The van der Waals surface area contributed by atoms with Gasteiger partial charge in [0.05, 0.1) is 17.5 Å². The first-order valence-corrected chi connectivity index (χ1v) is 13.2. The van der Waals surface area contributed by atoms with Crippen LogP contribution in [0.5, 0.6) is 0 Å². The number of carbonyl (C=O) groups excluding carboxylic acids is 2. The fraction of sp³-hybridized carbons (Fsp3) is 0.440. The number of anilines is 2. The van der Waals surface area contributed by atoms with E-state index in [9.17, 15) is 18.0 Å². The normalized spacial score (nSPS) is 19.2. The number of amides is 2. The molecular weight excluding hydrogens is 454 g/mol. The number of ether oxygens (including phenoxy) is 1. The van der Waals surface area contributed by atoms with E-state index < -0.39 is 10.0 Å². The lowest BCUT2D eigenvalue weighted by molar-refractivity contribution is -0.117. The van der Waals surface area contributed by atoms with Crippen molar-refractivity contribution in [3.8, 4) is 0 Å². The standard InChI is InChI=1S/C25H31N3O5S/c1-18-6-3-8-23(19(18)2)26-24(29)17-27(16-22-7-4-14-33-22)25(30)20-9-11-21(12-10-20)28-13-5-15-34(28,31)32/h3,6,8-12,22H,4-5,7,13-17H2,1-2H3,(H,26,29). The van der Waals surface area contributed by atoms with E-state index >= 15 is 0 Å². The minimum Gasteiger partial charge on any atom is -0.376 e. The quantitative estimate of drug-likeness (QED) is 0.650. The van der Waals surface area contributed by atoms with Crippen molar-refractivity contribution in [2.75, 3.05) is 41.6 Å². The summed E-state index contributed by atoms with van der Waals surface area (Å²) in [5.41, 5.74) is 3.74. The number of nitrogens with one attached hydrogen (secondary N) is 1. The number of benzene rings is 2. The second kappa shape index (κ2) is 10.1. The Bertz CT molecular complexity index is 1160. The molecule has 2 aliphatic heterocycles. The molecule has 182 valence electrons. The van der Waals surface area contributed by atoms with Gasteiger partial charge < -0.3 is 15.0 Å². The first-order valence-electron chi connectivity index (χ1n) is 11.6. The summed E-state index contributed by atoms with van der Waals surface area (Å²) in [6.07, 6.45) is 2.26. The molecule has 2 aliphatic rings. The summed E-state index contributed by atoms with van der Waals surface area (Å²) < 4.78 is 31.5. The third-order valence-electron chi connectivity index (χ3n) is 6.45. The van der Waals surface area contributed by atoms with Crippen LogP contribution in [0.4, 0.5) is 11.4 Å². The molecule has 2 amide bonds. The summed E-state index contributed by atoms with van der Waals surface area (Å²) in [4.78, 5) is 27.7. The Hall–Kier alpha value is -2.91. The van der Waals surface area contributed by atoms with E-state index in [1.54, 1.807) is 24.3 Å². The van der Waals surface area contributed by atoms with Crippen molar-refractivity contribution in [2.24, 2.45) is 0 Å². The molecule has 8 nitrogen and oxygen atoms in total. The molecule has 0 aliphatic carbocycles. The van der Waals surface area contributed by atoms with Gasteiger partial charge in [0.2, 0.25) is 15.9 Å². The first kappa shape index (κ1) is 24.2. The number of sulfonamides is 1. The largest absolute Gasteiger partial charge is 0.376 e. The maximum atomic E-state index is 13.4. The van der Waals surface area contributed by atoms with Crippen LogP contribution in [0.3, 0.4) is 0 Å². The monoisotopic (exact) mass is 485 g/mol. The predicted octanol–water partition coefficient (Wildman–Crippen LogP) is 3.10. The molecule has 0 radical (unpaired) electrons. The fourth-order valence-corrected chi connectivity index (χ4v) is 5.95. The average molecular weight is 486 g/mol. The highest BCUT2D eigenvalue weighted by atomic mass is 32.2. The van der Waals surface area contributed by atoms with E-state index in [0.717, 1.165) is 29.7 Å². The number of aryl methyl sites for hydroxylation is 1. The molecule has 0 bridgehead atoms. The van der Waals surface area contributed by atoms with Gasteiger partial charge in [0.15, 0.2) is 0 Å². The van der Waals surface area contributed by atoms with E-state index in [4.69, 9.17) is 4.74 Å². The van der Waals surface area contributed by atoms with Crippen LogP contribution < -0.4 is 9.62 Å².